The van der Waals surface area contributed by atoms with Gasteiger partial charge in [0.15, 0.2) is 0 Å². The van der Waals surface area contributed by atoms with Gasteiger partial charge in [0.1, 0.15) is 0 Å². The third kappa shape index (κ3) is 28.5. The van der Waals surface area contributed by atoms with Gasteiger partial charge < -0.3 is 0 Å². The number of hydrogen-bond acceptors (Lipinski definition) is 12. The van der Waals surface area contributed by atoms with Crippen molar-refractivity contribution in [1.29, 1.82) is 0 Å². The monoisotopic (exact) mass is 1190 g/mol. The zero-order valence-corrected chi connectivity index (χ0v) is 49.7. The first-order valence-corrected chi connectivity index (χ1v) is 39.0. The van der Waals surface area contributed by atoms with Crippen molar-refractivity contribution in [3.63, 3.8) is 0 Å². The van der Waals surface area contributed by atoms with Crippen LogP contribution in [0.1, 0.15) is 266 Å². The molecule has 2 unspecified atom stereocenters. The first-order chi connectivity index (χ1) is 33.5. The van der Waals surface area contributed by atoms with Crippen molar-refractivity contribution in [3.05, 3.63) is 34.9 Å². The van der Waals surface area contributed by atoms with Gasteiger partial charge in [-0.3, -0.25) is 0 Å². The second-order valence-corrected chi connectivity index (χ2v) is 33.6. The fourth-order valence-corrected chi connectivity index (χ4v) is 21.8. The average Bonchev–Trinajstić information content (AvgIpc) is 3.51. The summed E-state index contributed by atoms with van der Waals surface area (Å²) in [5, 5.41) is 0. The van der Waals surface area contributed by atoms with Crippen molar-refractivity contribution in [1.82, 2.24) is 0 Å². The molecule has 0 saturated heterocycles. The number of unbranched alkanes of at least 4 members (excludes halogenated alkanes) is 28. The summed E-state index contributed by atoms with van der Waals surface area (Å²) < 4.78 is 36.6. The molecule has 0 radical (unpaired) electrons. The van der Waals surface area contributed by atoms with Crippen LogP contribution in [0.25, 0.3) is 0 Å². The van der Waals surface area contributed by atoms with Crippen molar-refractivity contribution in [3.8, 4) is 0 Å². The Morgan fingerprint density at radius 2 is 0.739 bits per heavy atom. The Morgan fingerprint density at radius 1 is 0.420 bits per heavy atom. The van der Waals surface area contributed by atoms with Crippen molar-refractivity contribution in [2.24, 2.45) is 0 Å². The van der Waals surface area contributed by atoms with Crippen LogP contribution in [0.15, 0.2) is 34.9 Å². The summed E-state index contributed by atoms with van der Waals surface area (Å²) in [6.07, 6.45) is 36.4. The van der Waals surface area contributed by atoms with Crippen molar-refractivity contribution < 1.29 is 47.2 Å². The second-order valence-electron chi connectivity index (χ2n) is 19.5. The SMILES string of the molecule is CCCCCCCCCC1=CC(=O)[O][Sn]([CH2]CCCCCCC)([O]C(=O)/C=C(/CCCCCCCCC)C(=O)[O][Sn]2([CH2]CCCCCCC)[O]C(=O)C=C(CCCCCCCCC)C(=O)[O]2)[O]C1=O. The maximum atomic E-state index is 14.5. The van der Waals surface area contributed by atoms with Crippen molar-refractivity contribution >= 4 is 75.1 Å². The maximum absolute atomic E-state index is 14.5. The van der Waals surface area contributed by atoms with Crippen LogP contribution < -0.4 is 0 Å². The van der Waals surface area contributed by atoms with E-state index in [1.807, 2.05) is 0 Å². The fraction of sp³-hybridized carbons (Fsp3) is 0.782. The van der Waals surface area contributed by atoms with Crippen LogP contribution in [0.5, 0.6) is 0 Å². The molecule has 2 aliphatic heterocycles. The summed E-state index contributed by atoms with van der Waals surface area (Å²) in [5.74, 6) is -4.80. The molecular weight excluding hydrogens is 1090 g/mol. The van der Waals surface area contributed by atoms with Gasteiger partial charge in [0.05, 0.1) is 0 Å². The summed E-state index contributed by atoms with van der Waals surface area (Å²) in [4.78, 5) is 83.2. The molecule has 2 atom stereocenters. The van der Waals surface area contributed by atoms with Gasteiger partial charge in [-0.05, 0) is 0 Å². The molecule has 0 spiro atoms. The van der Waals surface area contributed by atoms with E-state index in [2.05, 4.69) is 34.6 Å². The van der Waals surface area contributed by atoms with Crippen LogP contribution >= 0.6 is 0 Å². The molecule has 0 aliphatic carbocycles. The van der Waals surface area contributed by atoms with Crippen molar-refractivity contribution in [2.45, 2.75) is 275 Å². The minimum atomic E-state index is -5.38. The Morgan fingerprint density at radius 3 is 1.12 bits per heavy atom. The molecule has 0 bridgehead atoms. The van der Waals surface area contributed by atoms with E-state index in [9.17, 15) is 28.8 Å². The molecule has 0 N–H and O–H groups in total. The van der Waals surface area contributed by atoms with E-state index in [-0.39, 0.29) is 32.0 Å². The molecule has 394 valence electrons. The third-order valence-electron chi connectivity index (χ3n) is 13.0. The first-order valence-electron chi connectivity index (χ1n) is 28.0. The first kappa shape index (κ1) is 62.8. The van der Waals surface area contributed by atoms with E-state index in [0.29, 0.717) is 44.9 Å². The number of carbonyl (C=O) groups excluding carboxylic acids is 6. The number of hydrogen-bond donors (Lipinski definition) is 0. The zero-order valence-electron chi connectivity index (χ0n) is 44.0. The Balaban J connectivity index is 2.43. The van der Waals surface area contributed by atoms with Crippen LogP contribution in [-0.2, 0) is 47.2 Å². The second kappa shape index (κ2) is 39.2. The summed E-state index contributed by atoms with van der Waals surface area (Å²) in [7, 11) is 0. The Kier molecular flexibility index (Phi) is 35.7. The van der Waals surface area contributed by atoms with Crippen LogP contribution in [-0.4, -0.2) is 75.1 Å². The zero-order chi connectivity index (χ0) is 50.4. The van der Waals surface area contributed by atoms with Gasteiger partial charge >= 0.3 is 432 Å². The number of rotatable bonds is 42. The van der Waals surface area contributed by atoms with Crippen molar-refractivity contribution in [2.75, 3.05) is 0 Å². The molecule has 2 aliphatic rings. The minimum absolute atomic E-state index is 0.0368. The van der Waals surface area contributed by atoms with E-state index in [4.69, 9.17) is 18.4 Å². The topological polar surface area (TPSA) is 158 Å². The van der Waals surface area contributed by atoms with Gasteiger partial charge in [0.25, 0.3) is 0 Å². The Hall–Kier alpha value is -2.36. The molecule has 2 heterocycles. The van der Waals surface area contributed by atoms with Gasteiger partial charge in [-0.15, -0.1) is 0 Å². The summed E-state index contributed by atoms with van der Waals surface area (Å²) >= 11 is -10.7. The van der Waals surface area contributed by atoms with E-state index < -0.39 is 75.1 Å². The molecule has 0 aromatic rings. The van der Waals surface area contributed by atoms with Crippen LogP contribution in [0.3, 0.4) is 0 Å². The van der Waals surface area contributed by atoms with E-state index in [1.165, 1.54) is 37.8 Å². The molecule has 14 heteroatoms. The van der Waals surface area contributed by atoms with Gasteiger partial charge in [-0.1, -0.05) is 0 Å². The molecule has 0 saturated carbocycles. The average molecular weight is 1180 g/mol. The Labute approximate surface area is 429 Å². The molecule has 0 aromatic heterocycles. The molecule has 0 aromatic carbocycles. The van der Waals surface area contributed by atoms with Gasteiger partial charge in [0, 0.05) is 0 Å². The predicted octanol–water partition coefficient (Wildman–Crippen LogP) is 15.1. The molecular formula is C55H94O12Sn2. The van der Waals surface area contributed by atoms with E-state index in [1.54, 1.807) is 0 Å². The molecule has 0 fully saturated rings. The van der Waals surface area contributed by atoms with E-state index >= 15 is 0 Å². The quantitative estimate of drug-likeness (QED) is 0.0324. The van der Waals surface area contributed by atoms with Gasteiger partial charge in [0.2, 0.25) is 0 Å². The normalized spacial score (nSPS) is 18.6. The molecule has 2 rings (SSSR count). The molecule has 12 nitrogen and oxygen atoms in total. The van der Waals surface area contributed by atoms with Crippen LogP contribution in [0.2, 0.25) is 8.87 Å². The molecule has 0 amide bonds. The Bertz CT molecular complexity index is 1610. The fourth-order valence-electron chi connectivity index (χ4n) is 8.79. The van der Waals surface area contributed by atoms with Crippen LogP contribution in [0.4, 0.5) is 0 Å². The van der Waals surface area contributed by atoms with E-state index in [0.717, 1.165) is 160 Å². The standard InChI is InChI=1S/3C13H22O4.2C8H17.2Sn/c3*1-2-3-4-5-6-7-8-9-11(13(16)17)10-12(14)15;2*1-3-5-7-8-6-4-2;;/h3*10H,2-9H2,1H3,(H,14,15)(H,16,17);2*1,3-8H2,2H3;;/q;;;;;2*+3/p-6/b11-10-;;;;;;. The summed E-state index contributed by atoms with van der Waals surface area (Å²) in [6, 6.07) is 0. The van der Waals surface area contributed by atoms with Gasteiger partial charge in [-0.2, -0.15) is 0 Å². The third-order valence-corrected chi connectivity index (χ3v) is 27.1. The predicted molar refractivity (Wildman–Crippen MR) is 277 cm³/mol. The summed E-state index contributed by atoms with van der Waals surface area (Å²) in [6.45, 7) is 10.8. The van der Waals surface area contributed by atoms with Gasteiger partial charge in [-0.25, -0.2) is 0 Å². The molecule has 69 heavy (non-hydrogen) atoms. The van der Waals surface area contributed by atoms with Crippen LogP contribution in [0, 0.1) is 0 Å². The number of carbonyl (C=O) groups is 6. The summed E-state index contributed by atoms with van der Waals surface area (Å²) in [5.41, 5.74) is 0.384.